The average Bonchev–Trinajstić information content (AvgIpc) is 2.02. The van der Waals surface area contributed by atoms with Crippen LogP contribution >= 0.6 is 0 Å². The molecule has 0 aliphatic rings. The largest absolute Gasteiger partial charge is 0.294 e. The third-order valence-electron chi connectivity index (χ3n) is 0.651. The van der Waals surface area contributed by atoms with Gasteiger partial charge in [-0.3, -0.25) is 5.01 Å². The minimum absolute atomic E-state index is 0.817. The van der Waals surface area contributed by atoms with Crippen LogP contribution in [0.3, 0.4) is 0 Å². The van der Waals surface area contributed by atoms with Crippen molar-refractivity contribution in [2.75, 3.05) is 20.6 Å². The van der Waals surface area contributed by atoms with Crippen molar-refractivity contribution < 1.29 is 0 Å². The van der Waals surface area contributed by atoms with E-state index in [4.69, 9.17) is 0 Å². The summed E-state index contributed by atoms with van der Waals surface area (Å²) >= 11 is 0. The Kier molecular flexibility index (Phi) is 13.4. The number of rotatable bonds is 3. The number of hydrogen-bond acceptors (Lipinski definition) is 3. The van der Waals surface area contributed by atoms with Crippen molar-refractivity contribution in [2.24, 2.45) is 10.1 Å². The molecule has 0 saturated carbocycles. The first-order valence-electron chi connectivity index (χ1n) is 3.56. The van der Waals surface area contributed by atoms with Crippen LogP contribution in [-0.4, -0.2) is 31.7 Å². The lowest BCUT2D eigenvalue weighted by Gasteiger charge is -1.96. The Bertz CT molecular complexity index is 123. The SMILES string of the molecule is C=C.CCCN=C=NN(C)C. The molecule has 0 aromatic rings. The van der Waals surface area contributed by atoms with Gasteiger partial charge in [0.05, 0.1) is 0 Å². The van der Waals surface area contributed by atoms with Crippen molar-refractivity contribution in [1.29, 1.82) is 0 Å². The molecule has 0 N–H and O–H groups in total. The number of hydrazone groups is 1. The second kappa shape index (κ2) is 11.7. The Labute approximate surface area is 69.1 Å². The summed E-state index contributed by atoms with van der Waals surface area (Å²) in [6.45, 7) is 8.89. The van der Waals surface area contributed by atoms with Crippen LogP contribution in [0.4, 0.5) is 0 Å². The first-order chi connectivity index (χ1) is 5.27. The molecule has 3 nitrogen and oxygen atoms in total. The van der Waals surface area contributed by atoms with E-state index in [0.717, 1.165) is 13.0 Å². The van der Waals surface area contributed by atoms with Gasteiger partial charge >= 0.3 is 0 Å². The van der Waals surface area contributed by atoms with Gasteiger partial charge in [-0.25, -0.2) is 4.99 Å². The average molecular weight is 155 g/mol. The van der Waals surface area contributed by atoms with E-state index >= 15 is 0 Å². The predicted octanol–water partition coefficient (Wildman–Crippen LogP) is 1.85. The molecule has 0 heterocycles. The zero-order valence-corrected chi connectivity index (χ0v) is 7.67. The fraction of sp³-hybridized carbons (Fsp3) is 0.625. The molecule has 0 bridgehead atoms. The van der Waals surface area contributed by atoms with Crippen molar-refractivity contribution in [1.82, 2.24) is 5.01 Å². The summed E-state index contributed by atoms with van der Waals surface area (Å²) in [6.07, 6.45) is 1.05. The van der Waals surface area contributed by atoms with Gasteiger partial charge in [0.25, 0.3) is 0 Å². The lowest BCUT2D eigenvalue weighted by Crippen LogP contribution is -1.99. The van der Waals surface area contributed by atoms with Gasteiger partial charge in [0.15, 0.2) is 0 Å². The van der Waals surface area contributed by atoms with Gasteiger partial charge < -0.3 is 0 Å². The van der Waals surface area contributed by atoms with Gasteiger partial charge in [-0.2, -0.15) is 0 Å². The molecule has 0 atom stereocenters. The summed E-state index contributed by atoms with van der Waals surface area (Å²) in [6, 6.07) is 2.56. The van der Waals surface area contributed by atoms with Crippen molar-refractivity contribution in [3.63, 3.8) is 0 Å². The highest BCUT2D eigenvalue weighted by Gasteiger charge is 1.71. The van der Waals surface area contributed by atoms with E-state index in [0.29, 0.717) is 0 Å². The summed E-state index contributed by atoms with van der Waals surface area (Å²) < 4.78 is 0. The topological polar surface area (TPSA) is 28.0 Å². The quantitative estimate of drug-likeness (QED) is 0.347. The molecule has 0 rings (SSSR count). The van der Waals surface area contributed by atoms with E-state index in [2.05, 4.69) is 36.2 Å². The standard InChI is InChI=1S/C6H13N3.C2H4/c1-4-5-7-6-8-9(2)3;1-2/h4-5H2,1-3H3;1-2H2. The monoisotopic (exact) mass is 155 g/mol. The molecule has 11 heavy (non-hydrogen) atoms. The highest BCUT2D eigenvalue weighted by Crippen LogP contribution is 1.74. The third kappa shape index (κ3) is 17.6. The number of hydrogen-bond donors (Lipinski definition) is 0. The molecule has 0 aromatic heterocycles. The first kappa shape index (κ1) is 12.6. The smallest absolute Gasteiger partial charge is 0.114 e. The van der Waals surface area contributed by atoms with E-state index in [-0.39, 0.29) is 0 Å². The highest BCUT2D eigenvalue weighted by atomic mass is 15.4. The van der Waals surface area contributed by atoms with Gasteiger partial charge in [-0.1, -0.05) is 6.92 Å². The van der Waals surface area contributed by atoms with E-state index in [1.807, 2.05) is 14.1 Å². The molecule has 0 amide bonds. The van der Waals surface area contributed by atoms with Crippen LogP contribution in [0.2, 0.25) is 0 Å². The lowest BCUT2D eigenvalue weighted by atomic mass is 10.5. The third-order valence-corrected chi connectivity index (χ3v) is 0.651. The maximum atomic E-state index is 3.87. The Morgan fingerprint density at radius 3 is 2.27 bits per heavy atom. The van der Waals surface area contributed by atoms with Crippen LogP contribution in [-0.2, 0) is 0 Å². The van der Waals surface area contributed by atoms with Gasteiger partial charge in [0, 0.05) is 20.6 Å². The maximum Gasteiger partial charge on any atom is 0.114 e. The molecule has 0 unspecified atom stereocenters. The van der Waals surface area contributed by atoms with Gasteiger partial charge in [-0.15, -0.1) is 18.3 Å². The zero-order chi connectivity index (χ0) is 9.11. The molecule has 0 saturated heterocycles. The second-order valence-electron chi connectivity index (χ2n) is 1.93. The number of aliphatic imine (C=N–C) groups is 1. The second-order valence-corrected chi connectivity index (χ2v) is 1.93. The van der Waals surface area contributed by atoms with Crippen LogP contribution < -0.4 is 0 Å². The Morgan fingerprint density at radius 2 is 1.91 bits per heavy atom. The van der Waals surface area contributed by atoms with Crippen molar-refractivity contribution in [3.8, 4) is 0 Å². The summed E-state index contributed by atoms with van der Waals surface area (Å²) in [5.74, 6) is 0. The molecule has 0 aromatic carbocycles. The Hall–Kier alpha value is -1.08. The highest BCUT2D eigenvalue weighted by molar-refractivity contribution is 5.40. The van der Waals surface area contributed by atoms with E-state index in [1.54, 1.807) is 5.01 Å². The minimum atomic E-state index is 0.817. The predicted molar refractivity (Wildman–Crippen MR) is 50.0 cm³/mol. The van der Waals surface area contributed by atoms with Crippen molar-refractivity contribution in [2.45, 2.75) is 13.3 Å². The molecular weight excluding hydrogens is 138 g/mol. The molecule has 0 radical (unpaired) electrons. The normalized spacial score (nSPS) is 6.82. The zero-order valence-electron chi connectivity index (χ0n) is 7.67. The van der Waals surface area contributed by atoms with E-state index in [1.165, 1.54) is 0 Å². The molecule has 0 aliphatic heterocycles. The number of nitrogens with zero attached hydrogens (tertiary/aromatic N) is 3. The maximum absolute atomic E-state index is 3.87. The van der Waals surface area contributed by atoms with Crippen LogP contribution in [0.5, 0.6) is 0 Å². The van der Waals surface area contributed by atoms with Crippen LogP contribution in [0.1, 0.15) is 13.3 Å². The molecular formula is C8H17N3. The first-order valence-corrected chi connectivity index (χ1v) is 3.56. The van der Waals surface area contributed by atoms with Crippen LogP contribution in [0.25, 0.3) is 0 Å². The molecule has 64 valence electrons. The van der Waals surface area contributed by atoms with Crippen LogP contribution in [0.15, 0.2) is 23.3 Å². The summed E-state index contributed by atoms with van der Waals surface area (Å²) in [7, 11) is 3.68. The van der Waals surface area contributed by atoms with Gasteiger partial charge in [0.1, 0.15) is 6.01 Å². The van der Waals surface area contributed by atoms with E-state index < -0.39 is 0 Å². The Balaban J connectivity index is 0. The summed E-state index contributed by atoms with van der Waals surface area (Å²) in [4.78, 5) is 3.87. The lowest BCUT2D eigenvalue weighted by molar-refractivity contribution is 0.440. The molecule has 0 fully saturated rings. The van der Waals surface area contributed by atoms with Gasteiger partial charge in [0.2, 0.25) is 0 Å². The fourth-order valence-electron chi connectivity index (χ4n) is 0.283. The van der Waals surface area contributed by atoms with Gasteiger partial charge in [-0.05, 0) is 6.42 Å². The minimum Gasteiger partial charge on any atom is -0.294 e. The summed E-state index contributed by atoms with van der Waals surface area (Å²) in [5, 5.41) is 5.44. The fourth-order valence-corrected chi connectivity index (χ4v) is 0.283. The van der Waals surface area contributed by atoms with Crippen LogP contribution in [0, 0.1) is 0 Å². The molecule has 0 aliphatic carbocycles. The van der Waals surface area contributed by atoms with Crippen molar-refractivity contribution in [3.05, 3.63) is 13.2 Å². The molecule has 3 heteroatoms. The van der Waals surface area contributed by atoms with Crippen molar-refractivity contribution >= 4 is 6.01 Å². The Morgan fingerprint density at radius 1 is 1.36 bits per heavy atom. The summed E-state index contributed by atoms with van der Waals surface area (Å²) in [5.41, 5.74) is 0. The molecule has 0 spiro atoms. The van der Waals surface area contributed by atoms with E-state index in [9.17, 15) is 0 Å².